The molecule has 1 aliphatic heterocycles. The van der Waals surface area contributed by atoms with Gasteiger partial charge in [-0.1, -0.05) is 18.2 Å². The van der Waals surface area contributed by atoms with Gasteiger partial charge < -0.3 is 19.9 Å². The Balaban J connectivity index is 0.00000312. The monoisotopic (exact) mass is 460 g/mol. The van der Waals surface area contributed by atoms with Crippen LogP contribution in [0.15, 0.2) is 35.3 Å². The summed E-state index contributed by atoms with van der Waals surface area (Å²) in [5.41, 5.74) is 1.26. The van der Waals surface area contributed by atoms with Crippen molar-refractivity contribution in [3.63, 3.8) is 0 Å². The highest BCUT2D eigenvalue weighted by Crippen LogP contribution is 2.14. The van der Waals surface area contributed by atoms with Crippen molar-refractivity contribution in [3.05, 3.63) is 30.3 Å². The van der Waals surface area contributed by atoms with E-state index in [-0.39, 0.29) is 24.0 Å². The number of rotatable bonds is 7. The van der Waals surface area contributed by atoms with Gasteiger partial charge in [-0.3, -0.25) is 4.99 Å². The molecule has 1 aliphatic rings. The first-order chi connectivity index (χ1) is 11.7. The summed E-state index contributed by atoms with van der Waals surface area (Å²) in [6.07, 6.45) is 3.68. The zero-order valence-electron chi connectivity index (χ0n) is 15.8. The number of nitrogens with zero attached hydrogens (tertiary/aromatic N) is 3. The van der Waals surface area contributed by atoms with Crippen molar-refractivity contribution in [2.75, 3.05) is 51.8 Å². The molecule has 5 nitrogen and oxygen atoms in total. The lowest BCUT2D eigenvalue weighted by atomic mass is 10.1. The molecule has 0 saturated carbocycles. The van der Waals surface area contributed by atoms with Gasteiger partial charge in [0.1, 0.15) is 0 Å². The molecule has 2 rings (SSSR count). The summed E-state index contributed by atoms with van der Waals surface area (Å²) in [6.45, 7) is 6.89. The molecule has 142 valence electrons. The Bertz CT molecular complexity index is 489. The van der Waals surface area contributed by atoms with Gasteiger partial charge in [-0.15, -0.1) is 24.0 Å². The Kier molecular flexibility index (Phi) is 10.9. The van der Waals surface area contributed by atoms with Crippen molar-refractivity contribution < 1.29 is 4.74 Å². The second-order valence-corrected chi connectivity index (χ2v) is 6.23. The minimum Gasteiger partial charge on any atom is -0.378 e. The minimum atomic E-state index is 0. The molecule has 0 spiro atoms. The summed E-state index contributed by atoms with van der Waals surface area (Å²) < 4.78 is 5.72. The van der Waals surface area contributed by atoms with Gasteiger partial charge in [-0.05, 0) is 38.3 Å². The van der Waals surface area contributed by atoms with Crippen molar-refractivity contribution in [2.24, 2.45) is 4.99 Å². The van der Waals surface area contributed by atoms with Crippen molar-refractivity contribution in [1.82, 2.24) is 10.2 Å². The van der Waals surface area contributed by atoms with Gasteiger partial charge in [-0.2, -0.15) is 0 Å². The van der Waals surface area contributed by atoms with Crippen LogP contribution in [0, 0.1) is 0 Å². The molecule has 1 saturated heterocycles. The van der Waals surface area contributed by atoms with Crippen LogP contribution in [-0.4, -0.2) is 63.8 Å². The smallest absolute Gasteiger partial charge is 0.193 e. The first-order valence-corrected chi connectivity index (χ1v) is 9.08. The van der Waals surface area contributed by atoms with Crippen LogP contribution in [0.25, 0.3) is 0 Å². The van der Waals surface area contributed by atoms with Crippen LogP contribution in [0.4, 0.5) is 5.69 Å². The second kappa shape index (κ2) is 12.4. The summed E-state index contributed by atoms with van der Waals surface area (Å²) in [5, 5.41) is 3.50. The molecule has 0 bridgehead atoms. The van der Waals surface area contributed by atoms with Crippen LogP contribution >= 0.6 is 24.0 Å². The minimum absolute atomic E-state index is 0. The Morgan fingerprint density at radius 1 is 1.28 bits per heavy atom. The zero-order valence-corrected chi connectivity index (χ0v) is 18.1. The lowest BCUT2D eigenvalue weighted by Crippen LogP contribution is -2.47. The van der Waals surface area contributed by atoms with Crippen LogP contribution in [0.2, 0.25) is 0 Å². The molecule has 0 aliphatic carbocycles. The topological polar surface area (TPSA) is 40.1 Å². The van der Waals surface area contributed by atoms with E-state index in [9.17, 15) is 0 Å². The number of ether oxygens (including phenoxy) is 1. The highest BCUT2D eigenvalue weighted by atomic mass is 127. The number of hydrogen-bond donors (Lipinski definition) is 1. The van der Waals surface area contributed by atoms with E-state index >= 15 is 0 Å². The normalized spacial score (nSPS) is 15.6. The van der Waals surface area contributed by atoms with E-state index in [0.29, 0.717) is 6.10 Å². The number of hydrogen-bond acceptors (Lipinski definition) is 3. The summed E-state index contributed by atoms with van der Waals surface area (Å²) in [5.74, 6) is 1.02. The first kappa shape index (κ1) is 22.0. The molecular weight excluding hydrogens is 427 g/mol. The third-order valence-electron chi connectivity index (χ3n) is 4.51. The summed E-state index contributed by atoms with van der Waals surface area (Å²) in [4.78, 5) is 9.07. The van der Waals surface area contributed by atoms with Crippen LogP contribution in [0.1, 0.15) is 26.2 Å². The quantitative estimate of drug-likeness (QED) is 0.294. The van der Waals surface area contributed by atoms with Crippen LogP contribution < -0.4 is 10.2 Å². The number of halogens is 1. The number of aliphatic imine (C=N–C) groups is 1. The highest BCUT2D eigenvalue weighted by molar-refractivity contribution is 14.0. The maximum atomic E-state index is 5.72. The van der Waals surface area contributed by atoms with Crippen LogP contribution in [0.5, 0.6) is 0 Å². The third-order valence-corrected chi connectivity index (χ3v) is 4.51. The molecule has 0 unspecified atom stereocenters. The summed E-state index contributed by atoms with van der Waals surface area (Å²) >= 11 is 0. The Morgan fingerprint density at radius 3 is 2.56 bits per heavy atom. The lowest BCUT2D eigenvalue weighted by Gasteiger charge is -2.34. The number of likely N-dealkylation sites (tertiary alicyclic amines) is 1. The fraction of sp³-hybridized carbons (Fsp3) is 0.632. The molecule has 0 aromatic heterocycles. The van der Waals surface area contributed by atoms with Crippen molar-refractivity contribution in [1.29, 1.82) is 0 Å². The summed E-state index contributed by atoms with van der Waals surface area (Å²) in [7, 11) is 4.01. The zero-order chi connectivity index (χ0) is 17.2. The van der Waals surface area contributed by atoms with Gasteiger partial charge in [0.05, 0.1) is 6.10 Å². The van der Waals surface area contributed by atoms with E-state index in [2.05, 4.69) is 64.4 Å². The maximum absolute atomic E-state index is 5.72. The summed E-state index contributed by atoms with van der Waals surface area (Å²) in [6, 6.07) is 10.5. The largest absolute Gasteiger partial charge is 0.378 e. The van der Waals surface area contributed by atoms with E-state index in [1.165, 1.54) is 5.69 Å². The molecule has 1 fully saturated rings. The molecule has 0 atom stereocenters. The van der Waals surface area contributed by atoms with E-state index in [1.54, 1.807) is 0 Å². The van der Waals surface area contributed by atoms with E-state index in [0.717, 1.165) is 58.0 Å². The number of para-hydroxylation sites is 1. The van der Waals surface area contributed by atoms with E-state index in [4.69, 9.17) is 4.74 Å². The fourth-order valence-electron chi connectivity index (χ4n) is 3.13. The van der Waals surface area contributed by atoms with Gasteiger partial charge in [0.2, 0.25) is 0 Å². The molecule has 1 aromatic carbocycles. The number of nitrogens with one attached hydrogen (secondary N) is 1. The number of anilines is 1. The predicted octanol–water partition coefficient (Wildman–Crippen LogP) is 3.21. The van der Waals surface area contributed by atoms with Gasteiger partial charge >= 0.3 is 0 Å². The van der Waals surface area contributed by atoms with Crippen LogP contribution in [0.3, 0.4) is 0 Å². The SMILES string of the molecule is CCOC1CCN(C(=NC)NCCCN(C)c2ccccc2)CC1.I. The number of guanidine groups is 1. The fourth-order valence-corrected chi connectivity index (χ4v) is 3.13. The van der Waals surface area contributed by atoms with Gasteiger partial charge in [0.15, 0.2) is 5.96 Å². The van der Waals surface area contributed by atoms with E-state index < -0.39 is 0 Å². The average molecular weight is 460 g/mol. The predicted molar refractivity (Wildman–Crippen MR) is 117 cm³/mol. The van der Waals surface area contributed by atoms with E-state index in [1.807, 2.05) is 7.05 Å². The molecule has 1 N–H and O–H groups in total. The highest BCUT2D eigenvalue weighted by Gasteiger charge is 2.21. The molecular formula is C19H33IN4O. The van der Waals surface area contributed by atoms with Crippen molar-refractivity contribution >= 4 is 35.6 Å². The van der Waals surface area contributed by atoms with Gasteiger partial charge in [0.25, 0.3) is 0 Å². The van der Waals surface area contributed by atoms with Crippen LogP contribution in [-0.2, 0) is 4.74 Å². The lowest BCUT2D eigenvalue weighted by molar-refractivity contribution is 0.0264. The Morgan fingerprint density at radius 2 is 1.96 bits per heavy atom. The molecule has 0 amide bonds. The molecule has 0 radical (unpaired) electrons. The molecule has 1 aromatic rings. The number of piperidine rings is 1. The third kappa shape index (κ3) is 7.40. The Labute approximate surface area is 169 Å². The number of benzene rings is 1. The molecule has 1 heterocycles. The molecule has 6 heteroatoms. The van der Waals surface area contributed by atoms with Gasteiger partial charge in [-0.25, -0.2) is 0 Å². The van der Waals surface area contributed by atoms with Crippen molar-refractivity contribution in [3.8, 4) is 0 Å². The standard InChI is InChI=1S/C19H32N4O.HI/c1-4-24-18-11-15-23(16-12-18)19(20-2)21-13-8-14-22(3)17-9-6-5-7-10-17;/h5-7,9-10,18H,4,8,11-16H2,1-3H3,(H,20,21);1H. The van der Waals surface area contributed by atoms with Crippen molar-refractivity contribution in [2.45, 2.75) is 32.3 Å². The Hall–Kier alpha value is -1.02. The second-order valence-electron chi connectivity index (χ2n) is 6.23. The average Bonchev–Trinajstić information content (AvgIpc) is 2.63. The first-order valence-electron chi connectivity index (χ1n) is 9.08. The van der Waals surface area contributed by atoms with Gasteiger partial charge in [0, 0.05) is 52.6 Å². The maximum Gasteiger partial charge on any atom is 0.193 e. The molecule has 25 heavy (non-hydrogen) atoms.